The van der Waals surface area contributed by atoms with Crippen molar-refractivity contribution in [2.45, 2.75) is 6.18 Å². The van der Waals surface area contributed by atoms with Crippen LogP contribution in [0.15, 0.2) is 55.4 Å². The minimum absolute atomic E-state index is 0.219. The number of carbonyl (C=O) groups is 1. The number of hydrogen-bond acceptors (Lipinski definition) is 7. The molecule has 35 heavy (non-hydrogen) atoms. The third-order valence-corrected chi connectivity index (χ3v) is 4.76. The van der Waals surface area contributed by atoms with Gasteiger partial charge in [0.2, 0.25) is 0 Å². The number of carboxylic acids is 1. The zero-order valence-corrected chi connectivity index (χ0v) is 17.7. The monoisotopic (exact) mass is 486 g/mol. The molecule has 0 aliphatic carbocycles. The van der Waals surface area contributed by atoms with E-state index >= 15 is 0 Å². The fraction of sp³-hybridized carbons (Fsp3) is 0.0909. The number of halogens is 4. The second-order valence-electron chi connectivity index (χ2n) is 6.95. The molecule has 0 aromatic carbocycles. The molecule has 0 aliphatic heterocycles. The molecule has 0 bridgehead atoms. The first-order valence-corrected chi connectivity index (χ1v) is 9.72. The van der Waals surface area contributed by atoms with Crippen molar-refractivity contribution in [2.24, 2.45) is 0 Å². The van der Waals surface area contributed by atoms with Crippen molar-refractivity contribution in [2.75, 3.05) is 7.11 Å². The van der Waals surface area contributed by atoms with Crippen molar-refractivity contribution in [3.8, 4) is 28.4 Å². The molecule has 5 heterocycles. The summed E-state index contributed by atoms with van der Waals surface area (Å²) in [7, 11) is 1.48. The number of ether oxygens (including phenoxy) is 1. The highest BCUT2D eigenvalue weighted by molar-refractivity contribution is 6.13. The maximum atomic E-state index is 14.8. The molecule has 5 aromatic heterocycles. The molecule has 0 amide bonds. The van der Waals surface area contributed by atoms with Crippen LogP contribution in [0, 0.1) is 5.82 Å². The lowest BCUT2D eigenvalue weighted by Gasteiger charge is -2.06. The Morgan fingerprint density at radius 2 is 1.74 bits per heavy atom. The third kappa shape index (κ3) is 4.83. The molecule has 178 valence electrons. The van der Waals surface area contributed by atoms with Crippen LogP contribution in [0.2, 0.25) is 0 Å². The van der Waals surface area contributed by atoms with Gasteiger partial charge in [0.15, 0.2) is 0 Å². The average Bonchev–Trinajstić information content (AvgIpc) is 3.22. The Kier molecular flexibility index (Phi) is 6.23. The number of pyridine rings is 3. The molecular weight excluding hydrogens is 472 g/mol. The largest absolute Gasteiger partial charge is 0.490 e. The van der Waals surface area contributed by atoms with Crippen molar-refractivity contribution in [3.63, 3.8) is 0 Å². The van der Waals surface area contributed by atoms with Crippen LogP contribution >= 0.6 is 0 Å². The third-order valence-electron chi connectivity index (χ3n) is 4.76. The summed E-state index contributed by atoms with van der Waals surface area (Å²) in [5.41, 5.74) is 3.84. The van der Waals surface area contributed by atoms with E-state index < -0.39 is 18.0 Å². The molecule has 0 atom stereocenters. The van der Waals surface area contributed by atoms with E-state index in [1.54, 1.807) is 18.6 Å². The van der Waals surface area contributed by atoms with Gasteiger partial charge in [0.1, 0.15) is 11.5 Å². The van der Waals surface area contributed by atoms with Crippen molar-refractivity contribution in [1.82, 2.24) is 29.9 Å². The molecule has 0 saturated heterocycles. The van der Waals surface area contributed by atoms with Gasteiger partial charge in [0.05, 0.1) is 30.7 Å². The second kappa shape index (κ2) is 9.29. The van der Waals surface area contributed by atoms with Gasteiger partial charge in [0, 0.05) is 52.3 Å². The fourth-order valence-corrected chi connectivity index (χ4v) is 3.24. The van der Waals surface area contributed by atoms with Gasteiger partial charge in [-0.15, -0.1) is 0 Å². The van der Waals surface area contributed by atoms with Crippen LogP contribution in [0.5, 0.6) is 6.01 Å². The molecule has 0 fully saturated rings. The molecule has 0 aliphatic rings. The second-order valence-corrected chi connectivity index (χ2v) is 6.95. The van der Waals surface area contributed by atoms with E-state index in [-0.39, 0.29) is 6.01 Å². The van der Waals surface area contributed by atoms with Gasteiger partial charge in [-0.25, -0.2) is 24.1 Å². The average molecular weight is 486 g/mol. The summed E-state index contributed by atoms with van der Waals surface area (Å²) < 4.78 is 51.6. The minimum atomic E-state index is -5.08. The SMILES string of the molecule is COc1ncc(-c2c(F)cnc3[nH]c4cnc(-c5cccnc5)cc4c23)cn1.O=C(O)C(F)(F)F. The van der Waals surface area contributed by atoms with Gasteiger partial charge in [-0.1, -0.05) is 0 Å². The molecular formula is C22H14F4N6O3. The van der Waals surface area contributed by atoms with Crippen LogP contribution < -0.4 is 4.74 Å². The van der Waals surface area contributed by atoms with Crippen LogP contribution in [0.1, 0.15) is 0 Å². The van der Waals surface area contributed by atoms with Crippen molar-refractivity contribution in [3.05, 3.63) is 61.2 Å². The van der Waals surface area contributed by atoms with Gasteiger partial charge in [0.25, 0.3) is 0 Å². The lowest BCUT2D eigenvalue weighted by molar-refractivity contribution is -0.192. The predicted octanol–water partition coefficient (Wildman–Crippen LogP) is 4.41. The maximum absolute atomic E-state index is 14.8. The predicted molar refractivity (Wildman–Crippen MR) is 116 cm³/mol. The number of carboxylic acid groups (broad SMARTS) is 1. The zero-order valence-electron chi connectivity index (χ0n) is 17.7. The number of fused-ring (bicyclic) bond motifs is 3. The van der Waals surface area contributed by atoms with Crippen molar-refractivity contribution in [1.29, 1.82) is 0 Å². The number of hydrogen-bond donors (Lipinski definition) is 2. The van der Waals surface area contributed by atoms with E-state index in [0.717, 1.165) is 22.2 Å². The number of nitrogens with zero attached hydrogens (tertiary/aromatic N) is 5. The Hall–Kier alpha value is -4.68. The minimum Gasteiger partial charge on any atom is -0.475 e. The summed E-state index contributed by atoms with van der Waals surface area (Å²) >= 11 is 0. The standard InChI is InChI=1S/C20H13FN6O.C2HF3O2/c1-28-20-25-7-12(8-26-20)17-14(21)9-24-19-18(17)13-5-15(23-10-16(13)27-19)11-3-2-4-22-6-11;3-2(4,5)1(6)7/h2-10H,1H3,(H,24,27);(H,6,7). The summed E-state index contributed by atoms with van der Waals surface area (Å²) in [4.78, 5) is 33.1. The van der Waals surface area contributed by atoms with E-state index in [2.05, 4.69) is 29.9 Å². The van der Waals surface area contributed by atoms with Crippen LogP contribution in [0.25, 0.3) is 44.3 Å². The van der Waals surface area contributed by atoms with E-state index in [1.165, 1.54) is 25.7 Å². The highest BCUT2D eigenvalue weighted by Crippen LogP contribution is 2.36. The topological polar surface area (TPSA) is 127 Å². The van der Waals surface area contributed by atoms with Crippen molar-refractivity contribution >= 4 is 27.9 Å². The van der Waals surface area contributed by atoms with E-state index in [0.29, 0.717) is 22.2 Å². The summed E-state index contributed by atoms with van der Waals surface area (Å²) in [5, 5.41) is 8.58. The van der Waals surface area contributed by atoms with Gasteiger partial charge in [-0.05, 0) is 18.2 Å². The Bertz CT molecular complexity index is 1510. The number of H-pyrrole nitrogens is 1. The van der Waals surface area contributed by atoms with E-state index in [4.69, 9.17) is 14.6 Å². The lowest BCUT2D eigenvalue weighted by Crippen LogP contribution is -2.21. The highest BCUT2D eigenvalue weighted by Gasteiger charge is 2.38. The van der Waals surface area contributed by atoms with Crippen LogP contribution in [0.4, 0.5) is 17.6 Å². The van der Waals surface area contributed by atoms with Crippen LogP contribution in [0.3, 0.4) is 0 Å². The number of aromatic nitrogens is 6. The van der Waals surface area contributed by atoms with E-state index in [9.17, 15) is 17.6 Å². The quantitative estimate of drug-likeness (QED) is 0.359. The summed E-state index contributed by atoms with van der Waals surface area (Å²) in [5.74, 6) is -3.21. The Morgan fingerprint density at radius 1 is 1.03 bits per heavy atom. The van der Waals surface area contributed by atoms with Crippen LogP contribution in [-0.4, -0.2) is 54.3 Å². The van der Waals surface area contributed by atoms with Gasteiger partial charge < -0.3 is 14.8 Å². The lowest BCUT2D eigenvalue weighted by atomic mass is 10.0. The molecule has 5 rings (SSSR count). The zero-order chi connectivity index (χ0) is 25.2. The molecule has 0 unspecified atom stereocenters. The Balaban J connectivity index is 0.000000364. The number of aliphatic carboxylic acids is 1. The Morgan fingerprint density at radius 3 is 2.34 bits per heavy atom. The first-order valence-electron chi connectivity index (χ1n) is 9.72. The van der Waals surface area contributed by atoms with Crippen molar-refractivity contribution < 1.29 is 32.2 Å². The normalized spacial score (nSPS) is 11.2. The summed E-state index contributed by atoms with van der Waals surface area (Å²) in [6, 6.07) is 5.89. The Labute approximate surface area is 193 Å². The summed E-state index contributed by atoms with van der Waals surface area (Å²) in [6.45, 7) is 0. The van der Waals surface area contributed by atoms with Gasteiger partial charge >= 0.3 is 18.2 Å². The maximum Gasteiger partial charge on any atom is 0.490 e. The van der Waals surface area contributed by atoms with Gasteiger partial charge in [-0.3, -0.25) is 9.97 Å². The molecule has 9 nitrogen and oxygen atoms in total. The molecule has 0 radical (unpaired) electrons. The first-order chi connectivity index (χ1) is 16.7. The molecule has 0 spiro atoms. The highest BCUT2D eigenvalue weighted by atomic mass is 19.4. The number of aromatic amines is 1. The fourth-order valence-electron chi connectivity index (χ4n) is 3.24. The molecule has 5 aromatic rings. The number of nitrogens with one attached hydrogen (secondary N) is 1. The molecule has 0 saturated carbocycles. The smallest absolute Gasteiger partial charge is 0.475 e. The number of rotatable bonds is 3. The molecule has 2 N–H and O–H groups in total. The first kappa shape index (κ1) is 23.5. The number of methoxy groups -OCH3 is 1. The van der Waals surface area contributed by atoms with Gasteiger partial charge in [-0.2, -0.15) is 13.2 Å². The number of alkyl halides is 3. The van der Waals surface area contributed by atoms with Crippen LogP contribution in [-0.2, 0) is 4.79 Å². The molecule has 13 heteroatoms. The summed E-state index contributed by atoms with van der Waals surface area (Å²) in [6.07, 6.45) is 4.32. The van der Waals surface area contributed by atoms with E-state index in [1.807, 2.05) is 18.2 Å².